The van der Waals surface area contributed by atoms with Gasteiger partial charge in [0.2, 0.25) is 0 Å². The molecule has 10 heteroatoms. The SMILES string of the molecule is CN1CCCC1COc1nc2c(c(N3CCC(CNC(=O)OC(C)(C)C)CC3)n1)CCN(c1cccc3cccc(Cl)c13)C2. The van der Waals surface area contributed by atoms with Crippen LogP contribution in [0.1, 0.15) is 57.7 Å². The fourth-order valence-corrected chi connectivity index (χ4v) is 6.99. The molecule has 4 heterocycles. The van der Waals surface area contributed by atoms with Crippen LogP contribution in [-0.4, -0.2) is 79.0 Å². The maximum absolute atomic E-state index is 12.2. The van der Waals surface area contributed by atoms with Gasteiger partial charge in [-0.15, -0.1) is 0 Å². The molecule has 44 heavy (non-hydrogen) atoms. The van der Waals surface area contributed by atoms with Crippen LogP contribution in [0.2, 0.25) is 5.02 Å². The highest BCUT2D eigenvalue weighted by Crippen LogP contribution is 2.37. The van der Waals surface area contributed by atoms with E-state index in [1.807, 2.05) is 32.9 Å². The molecule has 0 saturated carbocycles. The number of amides is 1. The summed E-state index contributed by atoms with van der Waals surface area (Å²) in [5.74, 6) is 1.40. The Kier molecular flexibility index (Phi) is 9.06. The number of likely N-dealkylation sites (tertiary alicyclic amines) is 1. The minimum atomic E-state index is -0.498. The van der Waals surface area contributed by atoms with E-state index in [1.165, 1.54) is 12.0 Å². The first kappa shape index (κ1) is 30.7. The predicted octanol–water partition coefficient (Wildman–Crippen LogP) is 6.06. The number of hydrogen-bond donors (Lipinski definition) is 1. The Balaban J connectivity index is 1.21. The Morgan fingerprint density at radius 2 is 1.80 bits per heavy atom. The summed E-state index contributed by atoms with van der Waals surface area (Å²) in [6, 6.07) is 13.3. The monoisotopic (exact) mass is 620 g/mol. The maximum atomic E-state index is 12.2. The van der Waals surface area contributed by atoms with Gasteiger partial charge < -0.3 is 29.5 Å². The zero-order valence-corrected chi connectivity index (χ0v) is 27.2. The van der Waals surface area contributed by atoms with Crippen molar-refractivity contribution in [2.24, 2.45) is 5.92 Å². The highest BCUT2D eigenvalue weighted by molar-refractivity contribution is 6.36. The van der Waals surface area contributed by atoms with Crippen molar-refractivity contribution >= 4 is 40.0 Å². The quantitative estimate of drug-likeness (QED) is 0.341. The van der Waals surface area contributed by atoms with Gasteiger partial charge in [-0.2, -0.15) is 9.97 Å². The van der Waals surface area contributed by atoms with E-state index in [2.05, 4.69) is 51.3 Å². The fourth-order valence-electron chi connectivity index (χ4n) is 6.71. The molecule has 3 aliphatic rings. The average molecular weight is 621 g/mol. The Labute approximate surface area is 265 Å². The van der Waals surface area contributed by atoms with Crippen LogP contribution in [0.25, 0.3) is 10.8 Å². The molecule has 2 fully saturated rings. The number of hydrogen-bond acceptors (Lipinski definition) is 8. The smallest absolute Gasteiger partial charge is 0.407 e. The summed E-state index contributed by atoms with van der Waals surface area (Å²) >= 11 is 6.72. The first-order chi connectivity index (χ1) is 21.1. The standard InChI is InChI=1S/C34H45ClN6O3/c1-34(2,3)44-33(42)36-20-23-13-17-40(18-14-23)31-26-15-19-41(29-12-6-9-24-8-5-11-27(35)30(24)29)21-28(26)37-32(38-31)43-22-25-10-7-16-39(25)4/h5-6,8-9,11-12,23,25H,7,10,13-22H2,1-4H3,(H,36,42). The molecular formula is C34H45ClN6O3. The predicted molar refractivity (Wildman–Crippen MR) is 176 cm³/mol. The van der Waals surface area contributed by atoms with Crippen molar-refractivity contribution in [1.82, 2.24) is 20.2 Å². The molecule has 2 aromatic carbocycles. The van der Waals surface area contributed by atoms with E-state index in [0.29, 0.717) is 37.7 Å². The molecule has 0 aliphatic carbocycles. The normalized spacial score (nSPS) is 19.7. The second kappa shape index (κ2) is 13.0. The number of nitrogens with one attached hydrogen (secondary N) is 1. The number of rotatable bonds is 7. The second-order valence-electron chi connectivity index (χ2n) is 13.4. The highest BCUT2D eigenvalue weighted by Gasteiger charge is 2.30. The van der Waals surface area contributed by atoms with Crippen LogP contribution in [0.5, 0.6) is 6.01 Å². The van der Waals surface area contributed by atoms with Crippen molar-refractivity contribution in [2.75, 3.05) is 56.2 Å². The van der Waals surface area contributed by atoms with E-state index in [4.69, 9.17) is 31.0 Å². The van der Waals surface area contributed by atoms with Gasteiger partial charge in [-0.1, -0.05) is 35.9 Å². The van der Waals surface area contributed by atoms with E-state index in [-0.39, 0.29) is 6.09 Å². The summed E-state index contributed by atoms with van der Waals surface area (Å²) < 4.78 is 11.7. The summed E-state index contributed by atoms with van der Waals surface area (Å²) in [5, 5.41) is 5.94. The van der Waals surface area contributed by atoms with Crippen molar-refractivity contribution < 1.29 is 14.3 Å². The number of halogens is 1. The Hall–Kier alpha value is -3.30. The molecular weight excluding hydrogens is 576 g/mol. The number of aromatic nitrogens is 2. The Bertz CT molecular complexity index is 1480. The van der Waals surface area contributed by atoms with Gasteiger partial charge >= 0.3 is 12.1 Å². The lowest BCUT2D eigenvalue weighted by molar-refractivity contribution is 0.0516. The number of fused-ring (bicyclic) bond motifs is 2. The van der Waals surface area contributed by atoms with Crippen molar-refractivity contribution in [1.29, 1.82) is 0 Å². The number of anilines is 2. The van der Waals surface area contributed by atoms with Gasteiger partial charge in [0, 0.05) is 48.9 Å². The second-order valence-corrected chi connectivity index (χ2v) is 13.8. The summed E-state index contributed by atoms with van der Waals surface area (Å²) in [7, 11) is 2.16. The van der Waals surface area contributed by atoms with Gasteiger partial charge in [-0.05, 0) is 89.9 Å². The van der Waals surface area contributed by atoms with E-state index in [0.717, 1.165) is 84.9 Å². The molecule has 1 N–H and O–H groups in total. The van der Waals surface area contributed by atoms with E-state index in [1.54, 1.807) is 0 Å². The van der Waals surface area contributed by atoms with Crippen LogP contribution >= 0.6 is 11.6 Å². The van der Waals surface area contributed by atoms with Gasteiger partial charge in [0.1, 0.15) is 18.0 Å². The molecule has 1 atom stereocenters. The van der Waals surface area contributed by atoms with Crippen molar-refractivity contribution in [3.05, 3.63) is 52.7 Å². The summed E-state index contributed by atoms with van der Waals surface area (Å²) in [5.41, 5.74) is 2.87. The Morgan fingerprint density at radius 3 is 2.52 bits per heavy atom. The van der Waals surface area contributed by atoms with E-state index in [9.17, 15) is 4.79 Å². The van der Waals surface area contributed by atoms with Crippen LogP contribution in [0, 0.1) is 5.92 Å². The molecule has 0 radical (unpaired) electrons. The highest BCUT2D eigenvalue weighted by atomic mass is 35.5. The zero-order chi connectivity index (χ0) is 30.8. The molecule has 1 unspecified atom stereocenters. The molecule has 6 rings (SSSR count). The minimum Gasteiger partial charge on any atom is -0.462 e. The number of benzene rings is 2. The van der Waals surface area contributed by atoms with E-state index >= 15 is 0 Å². The molecule has 0 bridgehead atoms. The van der Waals surface area contributed by atoms with Gasteiger partial charge in [0.25, 0.3) is 0 Å². The van der Waals surface area contributed by atoms with Gasteiger partial charge in [0.15, 0.2) is 0 Å². The van der Waals surface area contributed by atoms with Crippen molar-refractivity contribution in [3.8, 4) is 6.01 Å². The summed E-state index contributed by atoms with van der Waals surface area (Å²) in [6.07, 6.45) is 4.76. The lowest BCUT2D eigenvalue weighted by atomic mass is 9.95. The van der Waals surface area contributed by atoms with Gasteiger partial charge in [-0.3, -0.25) is 0 Å². The third-order valence-corrected chi connectivity index (χ3v) is 9.43. The van der Waals surface area contributed by atoms with Crippen molar-refractivity contribution in [3.63, 3.8) is 0 Å². The number of ether oxygens (including phenoxy) is 2. The number of likely N-dealkylation sites (N-methyl/N-ethyl adjacent to an activating group) is 1. The number of piperidine rings is 1. The third-order valence-electron chi connectivity index (χ3n) is 9.12. The zero-order valence-electron chi connectivity index (χ0n) is 26.4. The molecule has 1 aromatic heterocycles. The van der Waals surface area contributed by atoms with Crippen LogP contribution < -0.4 is 19.9 Å². The number of nitrogens with zero attached hydrogens (tertiary/aromatic N) is 5. The average Bonchev–Trinajstić information content (AvgIpc) is 3.42. The fraction of sp³-hybridized carbons (Fsp3) is 0.559. The molecule has 236 valence electrons. The largest absolute Gasteiger partial charge is 0.462 e. The topological polar surface area (TPSA) is 83.1 Å². The number of carbonyl (C=O) groups excluding carboxylic acids is 1. The first-order valence-corrected chi connectivity index (χ1v) is 16.4. The number of alkyl carbamates (subject to hydrolysis) is 1. The molecule has 0 spiro atoms. The lowest BCUT2D eigenvalue weighted by Gasteiger charge is -2.37. The number of carbonyl (C=O) groups is 1. The van der Waals surface area contributed by atoms with Crippen LogP contribution in [0.15, 0.2) is 36.4 Å². The van der Waals surface area contributed by atoms with Crippen LogP contribution in [0.3, 0.4) is 0 Å². The Morgan fingerprint density at radius 1 is 1.02 bits per heavy atom. The first-order valence-electron chi connectivity index (χ1n) is 16.0. The summed E-state index contributed by atoms with van der Waals surface area (Å²) in [4.78, 5) is 29.4. The van der Waals surface area contributed by atoms with Crippen molar-refractivity contribution in [2.45, 2.75) is 71.1 Å². The van der Waals surface area contributed by atoms with Gasteiger partial charge in [0.05, 0.1) is 17.3 Å². The molecule has 9 nitrogen and oxygen atoms in total. The molecule has 2 saturated heterocycles. The molecule has 3 aliphatic heterocycles. The minimum absolute atomic E-state index is 0.350. The summed E-state index contributed by atoms with van der Waals surface area (Å²) in [6.45, 7) is 11.2. The van der Waals surface area contributed by atoms with Crippen LogP contribution in [0.4, 0.5) is 16.3 Å². The maximum Gasteiger partial charge on any atom is 0.407 e. The third kappa shape index (κ3) is 6.99. The van der Waals surface area contributed by atoms with Crippen LogP contribution in [-0.2, 0) is 17.7 Å². The lowest BCUT2D eigenvalue weighted by Crippen LogP contribution is -2.41. The molecule has 1 amide bonds. The molecule has 3 aromatic rings. The van der Waals surface area contributed by atoms with E-state index < -0.39 is 5.60 Å². The van der Waals surface area contributed by atoms with Gasteiger partial charge in [-0.25, -0.2) is 4.79 Å².